The van der Waals surface area contributed by atoms with E-state index in [9.17, 15) is 0 Å². The van der Waals surface area contributed by atoms with Crippen LogP contribution in [0.2, 0.25) is 0 Å². The second-order valence-corrected chi connectivity index (χ2v) is 2.67. The zero-order valence-corrected chi connectivity index (χ0v) is 6.24. The molecule has 0 radical (unpaired) electrons. The molecule has 0 unspecified atom stereocenters. The van der Waals surface area contributed by atoms with Crippen LogP contribution in [-0.2, 0) is 0 Å². The summed E-state index contributed by atoms with van der Waals surface area (Å²) in [4.78, 5) is 3.78. The van der Waals surface area contributed by atoms with Crippen molar-refractivity contribution in [1.29, 1.82) is 0 Å². The Bertz CT molecular complexity index is 181. The lowest BCUT2D eigenvalue weighted by Gasteiger charge is -2.10. The van der Waals surface area contributed by atoms with Gasteiger partial charge >= 0.3 is 0 Å². The van der Waals surface area contributed by atoms with E-state index in [-0.39, 0.29) is 6.04 Å². The van der Waals surface area contributed by atoms with E-state index < -0.39 is 0 Å². The third-order valence-electron chi connectivity index (χ3n) is 1.50. The van der Waals surface area contributed by atoms with Gasteiger partial charge in [-0.15, -0.1) is 0 Å². The van der Waals surface area contributed by atoms with Gasteiger partial charge in [0.25, 0.3) is 0 Å². The summed E-state index contributed by atoms with van der Waals surface area (Å²) >= 11 is 0. The Morgan fingerprint density at radius 1 is 1.60 bits per heavy atom. The first kappa shape index (κ1) is 7.28. The molecule has 0 bridgehead atoms. The van der Waals surface area contributed by atoms with Crippen molar-refractivity contribution in [1.82, 2.24) is 4.98 Å². The Morgan fingerprint density at radius 2 is 2.30 bits per heavy atom. The van der Waals surface area contributed by atoms with E-state index in [1.807, 2.05) is 13.8 Å². The van der Waals surface area contributed by atoms with Gasteiger partial charge in [0.15, 0.2) is 6.39 Å². The first-order valence-electron chi connectivity index (χ1n) is 3.35. The molecule has 1 heterocycles. The number of hydrogen-bond acceptors (Lipinski definition) is 3. The molecular weight excluding hydrogens is 128 g/mol. The molecule has 0 aliphatic carbocycles. The minimum atomic E-state index is -0.0255. The molecule has 2 N–H and O–H groups in total. The van der Waals surface area contributed by atoms with Crippen LogP contribution in [0.25, 0.3) is 0 Å². The normalized spacial score (nSPS) is 14.0. The van der Waals surface area contributed by atoms with Gasteiger partial charge in [-0.1, -0.05) is 13.8 Å². The van der Waals surface area contributed by atoms with Gasteiger partial charge in [0.1, 0.15) is 5.76 Å². The molecule has 1 aromatic heterocycles. The molecule has 0 amide bonds. The maximum absolute atomic E-state index is 5.75. The van der Waals surface area contributed by atoms with Crippen molar-refractivity contribution in [3.05, 3.63) is 18.4 Å². The van der Waals surface area contributed by atoms with Gasteiger partial charge in [-0.25, -0.2) is 4.98 Å². The Morgan fingerprint density at radius 3 is 2.70 bits per heavy atom. The van der Waals surface area contributed by atoms with E-state index in [4.69, 9.17) is 10.2 Å². The van der Waals surface area contributed by atoms with Crippen molar-refractivity contribution in [2.75, 3.05) is 0 Å². The van der Waals surface area contributed by atoms with Crippen LogP contribution in [0.15, 0.2) is 17.0 Å². The number of nitrogens with zero attached hydrogens (tertiary/aromatic N) is 1. The van der Waals surface area contributed by atoms with Crippen LogP contribution in [0.1, 0.15) is 25.6 Å². The van der Waals surface area contributed by atoms with Crippen molar-refractivity contribution < 1.29 is 4.42 Å². The van der Waals surface area contributed by atoms with Crippen molar-refractivity contribution in [2.24, 2.45) is 11.7 Å². The lowest BCUT2D eigenvalue weighted by atomic mass is 10.0. The summed E-state index contributed by atoms with van der Waals surface area (Å²) in [5.74, 6) is 1.16. The average molecular weight is 140 g/mol. The molecule has 3 heteroatoms. The number of oxazole rings is 1. The minimum absolute atomic E-state index is 0.0255. The molecule has 56 valence electrons. The number of hydrogen-bond donors (Lipinski definition) is 1. The van der Waals surface area contributed by atoms with E-state index in [0.717, 1.165) is 5.76 Å². The number of aromatic nitrogens is 1. The van der Waals surface area contributed by atoms with Crippen molar-refractivity contribution in [3.8, 4) is 0 Å². The van der Waals surface area contributed by atoms with Crippen LogP contribution >= 0.6 is 0 Å². The van der Waals surface area contributed by atoms with Crippen LogP contribution in [0.3, 0.4) is 0 Å². The Labute approximate surface area is 60.2 Å². The van der Waals surface area contributed by atoms with Crippen molar-refractivity contribution in [3.63, 3.8) is 0 Å². The smallest absolute Gasteiger partial charge is 0.180 e. The molecule has 1 atom stereocenters. The van der Waals surface area contributed by atoms with Crippen LogP contribution in [-0.4, -0.2) is 4.98 Å². The highest BCUT2D eigenvalue weighted by Crippen LogP contribution is 2.16. The number of rotatable bonds is 2. The van der Waals surface area contributed by atoms with E-state index >= 15 is 0 Å². The highest BCUT2D eigenvalue weighted by Gasteiger charge is 2.12. The summed E-state index contributed by atoms with van der Waals surface area (Å²) in [6.45, 7) is 4.10. The van der Waals surface area contributed by atoms with Gasteiger partial charge in [0.05, 0.1) is 12.2 Å². The molecule has 1 rings (SSSR count). The standard InChI is InChI=1S/C7H12N2O/c1-5(2)7(8)6-3-9-4-10-6/h3-5,7H,8H2,1-2H3/t7-/m0/s1. The molecule has 3 nitrogen and oxygen atoms in total. The summed E-state index contributed by atoms with van der Waals surface area (Å²) in [5, 5.41) is 0. The first-order chi connectivity index (χ1) is 4.72. The third-order valence-corrected chi connectivity index (χ3v) is 1.50. The molecule has 0 saturated carbocycles. The lowest BCUT2D eigenvalue weighted by Crippen LogP contribution is -2.15. The van der Waals surface area contributed by atoms with Gasteiger partial charge in [0, 0.05) is 0 Å². The Hall–Kier alpha value is -0.830. The molecule has 1 aromatic rings. The fourth-order valence-electron chi connectivity index (χ4n) is 0.719. The molecule has 10 heavy (non-hydrogen) atoms. The van der Waals surface area contributed by atoms with Gasteiger partial charge < -0.3 is 10.2 Å². The Kier molecular flexibility index (Phi) is 2.06. The molecule has 0 aliphatic heterocycles. The van der Waals surface area contributed by atoms with Crippen LogP contribution in [0.4, 0.5) is 0 Å². The molecule has 0 aliphatic rings. The third kappa shape index (κ3) is 1.36. The van der Waals surface area contributed by atoms with Crippen molar-refractivity contribution in [2.45, 2.75) is 19.9 Å². The molecule has 0 aromatic carbocycles. The van der Waals surface area contributed by atoms with Crippen LogP contribution in [0, 0.1) is 5.92 Å². The van der Waals surface area contributed by atoms with E-state index in [1.54, 1.807) is 6.20 Å². The van der Waals surface area contributed by atoms with Crippen LogP contribution < -0.4 is 5.73 Å². The van der Waals surface area contributed by atoms with Gasteiger partial charge in [-0.05, 0) is 5.92 Å². The summed E-state index contributed by atoms with van der Waals surface area (Å²) < 4.78 is 5.02. The average Bonchev–Trinajstić information content (AvgIpc) is 2.36. The largest absolute Gasteiger partial charge is 0.447 e. The fraction of sp³-hybridized carbons (Fsp3) is 0.571. The maximum atomic E-state index is 5.75. The van der Waals surface area contributed by atoms with Gasteiger partial charge in [0.2, 0.25) is 0 Å². The van der Waals surface area contributed by atoms with Gasteiger partial charge in [-0.2, -0.15) is 0 Å². The monoisotopic (exact) mass is 140 g/mol. The van der Waals surface area contributed by atoms with E-state index in [0.29, 0.717) is 5.92 Å². The van der Waals surface area contributed by atoms with E-state index in [2.05, 4.69) is 4.98 Å². The summed E-state index contributed by atoms with van der Waals surface area (Å²) in [7, 11) is 0. The molecule has 0 fully saturated rings. The molecule has 0 saturated heterocycles. The predicted octanol–water partition coefficient (Wildman–Crippen LogP) is 1.33. The predicted molar refractivity (Wildman–Crippen MR) is 38.3 cm³/mol. The summed E-state index contributed by atoms with van der Waals surface area (Å²) in [6.07, 6.45) is 3.06. The topological polar surface area (TPSA) is 52.0 Å². The second kappa shape index (κ2) is 2.84. The zero-order chi connectivity index (χ0) is 7.56. The quantitative estimate of drug-likeness (QED) is 0.674. The second-order valence-electron chi connectivity index (χ2n) is 2.67. The van der Waals surface area contributed by atoms with E-state index in [1.165, 1.54) is 6.39 Å². The first-order valence-corrected chi connectivity index (χ1v) is 3.35. The Balaban J connectivity index is 2.68. The summed E-state index contributed by atoms with van der Waals surface area (Å²) in [6, 6.07) is -0.0255. The minimum Gasteiger partial charge on any atom is -0.447 e. The SMILES string of the molecule is CC(C)[C@H](N)c1cnco1. The highest BCUT2D eigenvalue weighted by atomic mass is 16.3. The van der Waals surface area contributed by atoms with Crippen molar-refractivity contribution >= 4 is 0 Å². The van der Waals surface area contributed by atoms with Gasteiger partial charge in [-0.3, -0.25) is 0 Å². The van der Waals surface area contributed by atoms with Crippen LogP contribution in [0.5, 0.6) is 0 Å². The zero-order valence-electron chi connectivity index (χ0n) is 6.24. The lowest BCUT2D eigenvalue weighted by molar-refractivity contribution is 0.401. The fourth-order valence-corrected chi connectivity index (χ4v) is 0.719. The molecular formula is C7H12N2O. The number of nitrogens with two attached hydrogens (primary N) is 1. The summed E-state index contributed by atoms with van der Waals surface area (Å²) in [5.41, 5.74) is 5.75. The maximum Gasteiger partial charge on any atom is 0.180 e. The highest BCUT2D eigenvalue weighted by molar-refractivity contribution is 4.96. The molecule has 0 spiro atoms.